The Hall–Kier alpha value is -2.70. The van der Waals surface area contributed by atoms with Crippen LogP contribution >= 0.6 is 0 Å². The summed E-state index contributed by atoms with van der Waals surface area (Å²) in [4.78, 5) is 15.9. The highest BCUT2D eigenvalue weighted by molar-refractivity contribution is 5.74. The van der Waals surface area contributed by atoms with Crippen LogP contribution in [0.25, 0.3) is 0 Å². The van der Waals surface area contributed by atoms with Crippen molar-refractivity contribution in [3.05, 3.63) is 42.5 Å². The maximum Gasteiger partial charge on any atom is 0.315 e. The minimum Gasteiger partial charge on any atom is -0.493 e. The van der Waals surface area contributed by atoms with Gasteiger partial charge in [-0.15, -0.1) is 0 Å². The molecule has 124 valence electrons. The first-order valence-electron chi connectivity index (χ1n) is 7.33. The maximum atomic E-state index is 11.9. The summed E-state index contributed by atoms with van der Waals surface area (Å²) in [5.41, 5.74) is 0.931. The molecule has 0 saturated carbocycles. The van der Waals surface area contributed by atoms with Crippen LogP contribution in [-0.2, 0) is 13.1 Å². The van der Waals surface area contributed by atoms with Crippen LogP contribution in [0.2, 0.25) is 0 Å². The van der Waals surface area contributed by atoms with E-state index in [0.29, 0.717) is 24.6 Å². The molecular weight excluding hydrogens is 296 g/mol. The van der Waals surface area contributed by atoms with Gasteiger partial charge in [0.25, 0.3) is 0 Å². The first kappa shape index (κ1) is 16.7. The lowest BCUT2D eigenvalue weighted by Gasteiger charge is -2.15. The molecule has 1 aromatic carbocycles. The molecular formula is C16H22N4O3. The summed E-state index contributed by atoms with van der Waals surface area (Å²) in [6.07, 6.45) is 5.29. The normalized spacial score (nSPS) is 11.6. The molecule has 0 bridgehead atoms. The van der Waals surface area contributed by atoms with Crippen LogP contribution in [0.5, 0.6) is 11.5 Å². The number of aromatic nitrogens is 2. The Morgan fingerprint density at radius 2 is 2.09 bits per heavy atom. The highest BCUT2D eigenvalue weighted by Crippen LogP contribution is 2.27. The average Bonchev–Trinajstić information content (AvgIpc) is 3.05. The van der Waals surface area contributed by atoms with Gasteiger partial charge in [0.2, 0.25) is 0 Å². The Balaban J connectivity index is 1.82. The zero-order valence-electron chi connectivity index (χ0n) is 13.6. The second-order valence-electron chi connectivity index (χ2n) is 5.18. The number of carbonyl (C=O) groups excluding carboxylic acids is 1. The number of ether oxygens (including phenoxy) is 2. The summed E-state index contributed by atoms with van der Waals surface area (Å²) in [6.45, 7) is 3.02. The lowest BCUT2D eigenvalue weighted by atomic mass is 10.2. The van der Waals surface area contributed by atoms with Crippen LogP contribution < -0.4 is 20.1 Å². The lowest BCUT2D eigenvalue weighted by molar-refractivity contribution is 0.236. The van der Waals surface area contributed by atoms with E-state index in [0.717, 1.165) is 5.56 Å². The molecule has 0 aliphatic rings. The fourth-order valence-corrected chi connectivity index (χ4v) is 2.20. The molecule has 0 aliphatic carbocycles. The van der Waals surface area contributed by atoms with Crippen LogP contribution in [0.15, 0.2) is 36.9 Å². The Morgan fingerprint density at radius 1 is 1.30 bits per heavy atom. The number of methoxy groups -OCH3 is 2. The third-order valence-electron chi connectivity index (χ3n) is 3.32. The molecule has 7 nitrogen and oxygen atoms in total. The van der Waals surface area contributed by atoms with E-state index in [1.54, 1.807) is 26.7 Å². The first-order chi connectivity index (χ1) is 11.1. The predicted molar refractivity (Wildman–Crippen MR) is 86.6 cm³/mol. The summed E-state index contributed by atoms with van der Waals surface area (Å²) >= 11 is 0. The van der Waals surface area contributed by atoms with Crippen molar-refractivity contribution in [3.8, 4) is 11.5 Å². The number of amides is 2. The Kier molecular flexibility index (Phi) is 5.85. The van der Waals surface area contributed by atoms with Gasteiger partial charge in [0.15, 0.2) is 11.5 Å². The first-order valence-corrected chi connectivity index (χ1v) is 7.33. The molecule has 0 spiro atoms. The van der Waals surface area contributed by atoms with E-state index >= 15 is 0 Å². The fraction of sp³-hybridized carbons (Fsp3) is 0.375. The zero-order valence-corrected chi connectivity index (χ0v) is 13.6. The molecule has 0 fully saturated rings. The number of urea groups is 1. The molecule has 1 aromatic heterocycles. The van der Waals surface area contributed by atoms with Crippen molar-refractivity contribution in [3.63, 3.8) is 0 Å². The lowest BCUT2D eigenvalue weighted by Crippen LogP contribution is -2.42. The number of imidazole rings is 1. The van der Waals surface area contributed by atoms with E-state index in [-0.39, 0.29) is 12.1 Å². The van der Waals surface area contributed by atoms with Gasteiger partial charge in [-0.1, -0.05) is 6.07 Å². The van der Waals surface area contributed by atoms with Gasteiger partial charge in [0.05, 0.1) is 20.5 Å². The van der Waals surface area contributed by atoms with Crippen molar-refractivity contribution in [2.45, 2.75) is 26.1 Å². The highest BCUT2D eigenvalue weighted by Gasteiger charge is 2.09. The SMILES string of the molecule is COc1ccc(CNC(=O)N[C@@H](C)Cn2ccnc2)cc1OC. The molecule has 0 unspecified atom stereocenters. The standard InChI is InChI=1S/C16H22N4O3/c1-12(10-20-7-6-17-11-20)19-16(21)18-9-13-4-5-14(22-2)15(8-13)23-3/h4-8,11-12H,9-10H2,1-3H3,(H2,18,19,21)/t12-/m0/s1. The Bertz CT molecular complexity index is 628. The summed E-state index contributed by atoms with van der Waals surface area (Å²) in [5.74, 6) is 1.30. The van der Waals surface area contributed by atoms with Crippen molar-refractivity contribution in [2.24, 2.45) is 0 Å². The monoisotopic (exact) mass is 318 g/mol. The molecule has 0 saturated heterocycles. The Morgan fingerprint density at radius 3 is 2.74 bits per heavy atom. The summed E-state index contributed by atoms with van der Waals surface area (Å²) in [5, 5.41) is 5.71. The minimum absolute atomic E-state index is 0.00500. The van der Waals surface area contributed by atoms with Crippen LogP contribution in [0, 0.1) is 0 Å². The quantitative estimate of drug-likeness (QED) is 0.816. The van der Waals surface area contributed by atoms with Crippen LogP contribution in [0.3, 0.4) is 0 Å². The molecule has 23 heavy (non-hydrogen) atoms. The molecule has 1 atom stereocenters. The number of rotatable bonds is 7. The second kappa shape index (κ2) is 8.07. The van der Waals surface area contributed by atoms with Gasteiger partial charge in [0.1, 0.15) is 0 Å². The van der Waals surface area contributed by atoms with Gasteiger partial charge in [-0.3, -0.25) is 0 Å². The molecule has 1 heterocycles. The van der Waals surface area contributed by atoms with E-state index < -0.39 is 0 Å². The van der Waals surface area contributed by atoms with Crippen molar-refractivity contribution < 1.29 is 14.3 Å². The molecule has 0 radical (unpaired) electrons. The maximum absolute atomic E-state index is 11.9. The smallest absolute Gasteiger partial charge is 0.315 e. The molecule has 2 aromatic rings. The third-order valence-corrected chi connectivity index (χ3v) is 3.32. The van der Waals surface area contributed by atoms with Crippen molar-refractivity contribution >= 4 is 6.03 Å². The van der Waals surface area contributed by atoms with Crippen molar-refractivity contribution in [2.75, 3.05) is 14.2 Å². The number of hydrogen-bond donors (Lipinski definition) is 2. The van der Waals surface area contributed by atoms with Crippen LogP contribution in [0.1, 0.15) is 12.5 Å². The van der Waals surface area contributed by atoms with E-state index in [9.17, 15) is 4.79 Å². The van der Waals surface area contributed by atoms with Crippen molar-refractivity contribution in [1.29, 1.82) is 0 Å². The zero-order chi connectivity index (χ0) is 16.7. The summed E-state index contributed by atoms with van der Waals surface area (Å²) in [6, 6.07) is 5.32. The fourth-order valence-electron chi connectivity index (χ4n) is 2.20. The van der Waals surface area contributed by atoms with Gasteiger partial charge in [0, 0.05) is 31.5 Å². The second-order valence-corrected chi connectivity index (χ2v) is 5.18. The number of hydrogen-bond acceptors (Lipinski definition) is 4. The summed E-state index contributed by atoms with van der Waals surface area (Å²) < 4.78 is 12.3. The molecule has 2 N–H and O–H groups in total. The van der Waals surface area contributed by atoms with Gasteiger partial charge < -0.3 is 24.7 Å². The van der Waals surface area contributed by atoms with Gasteiger partial charge >= 0.3 is 6.03 Å². The van der Waals surface area contributed by atoms with Crippen LogP contribution in [0.4, 0.5) is 4.79 Å². The molecule has 2 amide bonds. The van der Waals surface area contributed by atoms with E-state index in [2.05, 4.69) is 15.6 Å². The molecule has 7 heteroatoms. The average molecular weight is 318 g/mol. The van der Waals surface area contributed by atoms with E-state index in [1.807, 2.05) is 35.9 Å². The number of nitrogens with zero attached hydrogens (tertiary/aromatic N) is 2. The van der Waals surface area contributed by atoms with Crippen LogP contribution in [-0.4, -0.2) is 35.8 Å². The third kappa shape index (κ3) is 4.91. The summed E-state index contributed by atoms with van der Waals surface area (Å²) in [7, 11) is 3.17. The number of nitrogens with one attached hydrogen (secondary N) is 2. The highest BCUT2D eigenvalue weighted by atomic mass is 16.5. The van der Waals surface area contributed by atoms with Gasteiger partial charge in [-0.05, 0) is 24.6 Å². The molecule has 2 rings (SSSR count). The van der Waals surface area contributed by atoms with Gasteiger partial charge in [-0.25, -0.2) is 9.78 Å². The van der Waals surface area contributed by atoms with Crippen molar-refractivity contribution in [1.82, 2.24) is 20.2 Å². The number of carbonyl (C=O) groups is 1. The Labute approximate surface area is 135 Å². The predicted octanol–water partition coefficient (Wildman–Crippen LogP) is 1.79. The van der Waals surface area contributed by atoms with E-state index in [1.165, 1.54) is 0 Å². The topological polar surface area (TPSA) is 77.4 Å². The minimum atomic E-state index is -0.215. The molecule has 0 aliphatic heterocycles. The largest absolute Gasteiger partial charge is 0.493 e. The van der Waals surface area contributed by atoms with E-state index in [4.69, 9.17) is 9.47 Å². The van der Waals surface area contributed by atoms with Gasteiger partial charge in [-0.2, -0.15) is 0 Å². The number of benzene rings is 1.